The van der Waals surface area contributed by atoms with Crippen LogP contribution in [0.5, 0.6) is 0 Å². The van der Waals surface area contributed by atoms with Crippen LogP contribution in [-0.4, -0.2) is 35.1 Å². The fraction of sp³-hybridized carbons (Fsp3) is 0.650. The fourth-order valence-corrected chi connectivity index (χ4v) is 5.21. The van der Waals surface area contributed by atoms with Gasteiger partial charge in [-0.3, -0.25) is 4.90 Å². The van der Waals surface area contributed by atoms with Gasteiger partial charge in [0, 0.05) is 29.9 Å². The van der Waals surface area contributed by atoms with Gasteiger partial charge in [0.15, 0.2) is 0 Å². The number of carbonyl (C=O) groups is 1. The van der Waals surface area contributed by atoms with Crippen LogP contribution in [0.3, 0.4) is 0 Å². The second-order valence-electron chi connectivity index (χ2n) is 7.76. The Morgan fingerprint density at radius 2 is 1.50 bits per heavy atom. The van der Waals surface area contributed by atoms with Gasteiger partial charge in [-0.2, -0.15) is 0 Å². The lowest BCUT2D eigenvalue weighted by Crippen LogP contribution is -2.59. The molecule has 4 rings (SSSR count). The summed E-state index contributed by atoms with van der Waals surface area (Å²) in [6.45, 7) is 0. The van der Waals surface area contributed by atoms with Crippen molar-refractivity contribution in [2.24, 2.45) is 0 Å². The number of nitrogens with zero attached hydrogens (tertiary/aromatic N) is 1. The van der Waals surface area contributed by atoms with Crippen molar-refractivity contribution in [3.05, 3.63) is 30.3 Å². The molecule has 0 radical (unpaired) electrons. The van der Waals surface area contributed by atoms with Crippen LogP contribution in [0.1, 0.15) is 57.8 Å². The van der Waals surface area contributed by atoms with E-state index >= 15 is 0 Å². The molecule has 4 nitrogen and oxygen atoms in total. The first-order valence-electron chi connectivity index (χ1n) is 9.69. The van der Waals surface area contributed by atoms with E-state index in [1.807, 2.05) is 30.3 Å². The van der Waals surface area contributed by atoms with Crippen molar-refractivity contribution < 1.29 is 4.79 Å². The Morgan fingerprint density at radius 1 is 0.875 bits per heavy atom. The second kappa shape index (κ2) is 7.14. The van der Waals surface area contributed by atoms with E-state index in [0.29, 0.717) is 18.1 Å². The highest BCUT2D eigenvalue weighted by atomic mass is 16.2. The Kier molecular flexibility index (Phi) is 4.74. The number of hydrogen-bond acceptors (Lipinski definition) is 2. The number of piperidine rings is 2. The molecule has 2 bridgehead atoms. The minimum atomic E-state index is -0.0569. The van der Waals surface area contributed by atoms with Crippen LogP contribution in [0.2, 0.25) is 0 Å². The topological polar surface area (TPSA) is 44.4 Å². The molecule has 0 spiro atoms. The highest BCUT2D eigenvalue weighted by Gasteiger charge is 2.42. The number of urea groups is 1. The molecule has 1 saturated carbocycles. The summed E-state index contributed by atoms with van der Waals surface area (Å²) in [5.74, 6) is 0. The first-order chi connectivity index (χ1) is 11.8. The van der Waals surface area contributed by atoms with E-state index < -0.39 is 0 Å². The van der Waals surface area contributed by atoms with Crippen molar-refractivity contribution in [3.63, 3.8) is 0 Å². The van der Waals surface area contributed by atoms with Gasteiger partial charge < -0.3 is 10.6 Å². The molecule has 24 heavy (non-hydrogen) atoms. The van der Waals surface area contributed by atoms with Crippen LogP contribution < -0.4 is 10.6 Å². The molecule has 2 atom stereocenters. The lowest BCUT2D eigenvalue weighted by atomic mass is 9.80. The number of rotatable bonds is 3. The van der Waals surface area contributed by atoms with Crippen LogP contribution >= 0.6 is 0 Å². The van der Waals surface area contributed by atoms with Crippen LogP contribution in [-0.2, 0) is 0 Å². The van der Waals surface area contributed by atoms with Crippen molar-refractivity contribution >= 4 is 11.7 Å². The molecule has 3 aliphatic rings. The summed E-state index contributed by atoms with van der Waals surface area (Å²) in [6, 6.07) is 12.2. The van der Waals surface area contributed by atoms with Gasteiger partial charge in [0.1, 0.15) is 0 Å². The molecule has 0 aromatic heterocycles. The van der Waals surface area contributed by atoms with Crippen LogP contribution in [0.4, 0.5) is 10.5 Å². The lowest BCUT2D eigenvalue weighted by Gasteiger charge is -2.51. The Bertz CT molecular complexity index is 541. The van der Waals surface area contributed by atoms with Gasteiger partial charge in [-0.05, 0) is 50.7 Å². The zero-order chi connectivity index (χ0) is 16.4. The van der Waals surface area contributed by atoms with Gasteiger partial charge in [-0.25, -0.2) is 4.79 Å². The smallest absolute Gasteiger partial charge is 0.319 e. The highest BCUT2D eigenvalue weighted by Crippen LogP contribution is 2.39. The summed E-state index contributed by atoms with van der Waals surface area (Å²) in [5, 5.41) is 6.19. The number of hydrogen-bond donors (Lipinski definition) is 2. The van der Waals surface area contributed by atoms with Crippen molar-refractivity contribution in [3.8, 4) is 0 Å². The fourth-order valence-electron chi connectivity index (χ4n) is 5.21. The molecule has 4 heteroatoms. The van der Waals surface area contributed by atoms with Gasteiger partial charge in [0.25, 0.3) is 0 Å². The predicted octanol–water partition coefficient (Wildman–Crippen LogP) is 4.14. The molecule has 3 fully saturated rings. The Morgan fingerprint density at radius 3 is 2.17 bits per heavy atom. The normalized spacial score (nSPS) is 30.9. The molecule has 2 N–H and O–H groups in total. The van der Waals surface area contributed by atoms with Gasteiger partial charge in [-0.15, -0.1) is 0 Å². The van der Waals surface area contributed by atoms with Gasteiger partial charge >= 0.3 is 6.03 Å². The number of anilines is 1. The summed E-state index contributed by atoms with van der Waals surface area (Å²) >= 11 is 0. The highest BCUT2D eigenvalue weighted by molar-refractivity contribution is 5.89. The van der Waals surface area contributed by atoms with E-state index in [1.165, 1.54) is 44.9 Å². The molecule has 1 aliphatic carbocycles. The van der Waals surface area contributed by atoms with Crippen molar-refractivity contribution in [2.75, 3.05) is 5.32 Å². The van der Waals surface area contributed by atoms with Crippen molar-refractivity contribution in [1.29, 1.82) is 0 Å². The van der Waals surface area contributed by atoms with Crippen molar-refractivity contribution in [2.45, 2.75) is 82.0 Å². The third kappa shape index (κ3) is 3.44. The first-order valence-corrected chi connectivity index (χ1v) is 9.69. The maximum atomic E-state index is 12.3. The lowest BCUT2D eigenvalue weighted by molar-refractivity contribution is -0.00680. The van der Waals surface area contributed by atoms with E-state index in [0.717, 1.165) is 24.6 Å². The zero-order valence-electron chi connectivity index (χ0n) is 14.4. The first kappa shape index (κ1) is 15.9. The molecule has 130 valence electrons. The molecule has 0 unspecified atom stereocenters. The van der Waals surface area contributed by atoms with Crippen molar-refractivity contribution in [1.82, 2.24) is 10.2 Å². The predicted molar refractivity (Wildman–Crippen MR) is 97.1 cm³/mol. The quantitative estimate of drug-likeness (QED) is 0.876. The molecular formula is C20H29N3O. The van der Waals surface area contributed by atoms with Crippen LogP contribution in [0.15, 0.2) is 30.3 Å². The second-order valence-corrected chi connectivity index (χ2v) is 7.76. The molecule has 2 saturated heterocycles. The third-order valence-corrected chi connectivity index (χ3v) is 6.14. The number of para-hydroxylation sites is 1. The zero-order valence-corrected chi connectivity index (χ0v) is 14.4. The van der Waals surface area contributed by atoms with E-state index in [4.69, 9.17) is 0 Å². The number of nitrogens with one attached hydrogen (secondary N) is 2. The standard InChI is InChI=1S/C20H29N3O/c24-20(21-15-7-2-1-3-8-15)22-16-13-18-11-6-12-19(14-16)23(18)17-9-4-5-10-17/h1-3,7-8,16-19H,4-6,9-14H2,(H2,21,22,24)/t18-,19-/m1/s1. The van der Waals surface area contributed by atoms with Gasteiger partial charge in [0.2, 0.25) is 0 Å². The van der Waals surface area contributed by atoms with E-state index in [1.54, 1.807) is 0 Å². The maximum absolute atomic E-state index is 12.3. The average Bonchev–Trinajstić information content (AvgIpc) is 3.09. The molecule has 2 amide bonds. The molecule has 1 aromatic rings. The Hall–Kier alpha value is -1.55. The average molecular weight is 327 g/mol. The minimum Gasteiger partial charge on any atom is -0.335 e. The SMILES string of the molecule is O=C(Nc1ccccc1)NC1C[C@H]2CCC[C@H](C1)N2C1CCCC1. The summed E-state index contributed by atoms with van der Waals surface area (Å²) in [6.07, 6.45) is 11.8. The van der Waals surface area contributed by atoms with Crippen LogP contribution in [0.25, 0.3) is 0 Å². The Labute approximate surface area is 145 Å². The van der Waals surface area contributed by atoms with E-state index in [2.05, 4.69) is 15.5 Å². The largest absolute Gasteiger partial charge is 0.335 e. The summed E-state index contributed by atoms with van der Waals surface area (Å²) in [7, 11) is 0. The maximum Gasteiger partial charge on any atom is 0.319 e. The molecular weight excluding hydrogens is 298 g/mol. The number of benzene rings is 1. The summed E-state index contributed by atoms with van der Waals surface area (Å²) in [4.78, 5) is 15.2. The molecule has 2 aliphatic heterocycles. The Balaban J connectivity index is 1.35. The number of amides is 2. The third-order valence-electron chi connectivity index (χ3n) is 6.14. The van der Waals surface area contributed by atoms with E-state index in [-0.39, 0.29) is 6.03 Å². The monoisotopic (exact) mass is 327 g/mol. The number of carbonyl (C=O) groups excluding carboxylic acids is 1. The van der Waals surface area contributed by atoms with Gasteiger partial charge in [-0.1, -0.05) is 37.5 Å². The van der Waals surface area contributed by atoms with Gasteiger partial charge in [0.05, 0.1) is 0 Å². The van der Waals surface area contributed by atoms with E-state index in [9.17, 15) is 4.79 Å². The van der Waals surface area contributed by atoms with Crippen LogP contribution in [0, 0.1) is 0 Å². The molecule has 2 heterocycles. The summed E-state index contributed by atoms with van der Waals surface area (Å²) in [5.41, 5.74) is 0.860. The number of fused-ring (bicyclic) bond motifs is 2. The molecule has 1 aromatic carbocycles. The minimum absolute atomic E-state index is 0.0569. The summed E-state index contributed by atoms with van der Waals surface area (Å²) < 4.78 is 0.